The van der Waals surface area contributed by atoms with Crippen molar-refractivity contribution in [3.8, 4) is 11.1 Å². The van der Waals surface area contributed by atoms with Crippen LogP contribution in [-0.2, 0) is 47.2 Å². The van der Waals surface area contributed by atoms with Crippen LogP contribution in [0.15, 0.2) is 48.5 Å². The molecular formula is C54H79N5O4. The fourth-order valence-corrected chi connectivity index (χ4v) is 9.37. The summed E-state index contributed by atoms with van der Waals surface area (Å²) in [6.07, 6.45) is 2.23. The number of H-pyrrole nitrogens is 1. The number of amides is 2. The molecule has 1 heterocycles. The molecule has 0 fully saturated rings. The average Bonchev–Trinajstić information content (AvgIpc) is 3.74. The highest BCUT2D eigenvalue weighted by Gasteiger charge is 2.42. The molecule has 1 unspecified atom stereocenters. The largest absolute Gasteiger partial charge is 0.469 e. The first kappa shape index (κ1) is 49.5. The molecule has 2 amide bonds. The third kappa shape index (κ3) is 10.6. The van der Waals surface area contributed by atoms with E-state index >= 15 is 9.59 Å². The van der Waals surface area contributed by atoms with E-state index in [0.717, 1.165) is 55.5 Å². The number of carbonyl (C=O) groups excluding carboxylic acids is 3. The molecular weight excluding hydrogens is 783 g/mol. The van der Waals surface area contributed by atoms with Crippen molar-refractivity contribution in [2.75, 3.05) is 26.7 Å². The van der Waals surface area contributed by atoms with Gasteiger partial charge >= 0.3 is 5.97 Å². The number of nitrogens with one attached hydrogen (secondary N) is 3. The van der Waals surface area contributed by atoms with Crippen molar-refractivity contribution in [1.82, 2.24) is 15.6 Å². The lowest BCUT2D eigenvalue weighted by atomic mass is 9.78. The van der Waals surface area contributed by atoms with Crippen molar-refractivity contribution in [2.45, 2.75) is 169 Å². The van der Waals surface area contributed by atoms with Gasteiger partial charge in [-0.1, -0.05) is 139 Å². The lowest BCUT2D eigenvalue weighted by Crippen LogP contribution is -2.53. The fourth-order valence-electron chi connectivity index (χ4n) is 9.37. The minimum Gasteiger partial charge on any atom is -0.469 e. The molecule has 5 rings (SSSR count). The molecule has 344 valence electrons. The molecule has 1 aliphatic carbocycles. The van der Waals surface area contributed by atoms with Crippen molar-refractivity contribution in [3.05, 3.63) is 93.2 Å². The number of aromatic amines is 1. The molecule has 7 N–H and O–H groups in total. The number of aromatic nitrogens is 1. The zero-order valence-electron chi connectivity index (χ0n) is 41.3. The van der Waals surface area contributed by atoms with E-state index in [4.69, 9.17) is 16.2 Å². The smallest absolute Gasteiger partial charge is 0.313 e. The number of benzene rings is 3. The Morgan fingerprint density at radius 1 is 0.714 bits per heavy atom. The molecule has 9 heteroatoms. The number of fused-ring (bicyclic) bond motifs is 4. The van der Waals surface area contributed by atoms with Gasteiger partial charge in [0, 0.05) is 35.0 Å². The van der Waals surface area contributed by atoms with E-state index in [1.54, 1.807) is 0 Å². The molecule has 3 aromatic carbocycles. The Kier molecular flexibility index (Phi) is 14.6. The Labute approximate surface area is 378 Å². The van der Waals surface area contributed by atoms with Gasteiger partial charge in [-0.2, -0.15) is 0 Å². The van der Waals surface area contributed by atoms with Gasteiger partial charge in [0.05, 0.1) is 18.4 Å². The summed E-state index contributed by atoms with van der Waals surface area (Å²) in [4.78, 5) is 48.1. The summed E-state index contributed by atoms with van der Waals surface area (Å²) in [5, 5.41) is 7.64. The number of esters is 1. The van der Waals surface area contributed by atoms with E-state index in [2.05, 4.69) is 161 Å². The zero-order valence-corrected chi connectivity index (χ0v) is 41.3. The topological polar surface area (TPSA) is 152 Å². The van der Waals surface area contributed by atoms with Crippen LogP contribution in [0.4, 0.5) is 0 Å². The number of hydrogen-bond acceptors (Lipinski definition) is 6. The number of carbonyl (C=O) groups is 3. The highest BCUT2D eigenvalue weighted by molar-refractivity contribution is 5.99. The summed E-state index contributed by atoms with van der Waals surface area (Å²) in [6.45, 7) is 31.5. The van der Waals surface area contributed by atoms with Crippen LogP contribution in [0, 0.1) is 5.41 Å². The van der Waals surface area contributed by atoms with Crippen LogP contribution in [-0.4, -0.2) is 55.6 Å². The Balaban J connectivity index is 1.71. The molecule has 0 saturated heterocycles. The van der Waals surface area contributed by atoms with E-state index in [-0.39, 0.29) is 52.4 Å². The van der Waals surface area contributed by atoms with Gasteiger partial charge in [-0.15, -0.1) is 0 Å². The molecule has 0 spiro atoms. The lowest BCUT2D eigenvalue weighted by Gasteiger charge is -2.32. The second-order valence-electron chi connectivity index (χ2n) is 22.7. The predicted octanol–water partition coefficient (Wildman–Crippen LogP) is 10.1. The summed E-state index contributed by atoms with van der Waals surface area (Å²) >= 11 is 0. The monoisotopic (exact) mass is 862 g/mol. The summed E-state index contributed by atoms with van der Waals surface area (Å²) in [7, 11) is 1.38. The normalized spacial score (nSPS) is 14.2. The molecule has 0 bridgehead atoms. The van der Waals surface area contributed by atoms with Gasteiger partial charge in [0.2, 0.25) is 11.8 Å². The Morgan fingerprint density at radius 3 is 1.65 bits per heavy atom. The van der Waals surface area contributed by atoms with Crippen LogP contribution in [0.25, 0.3) is 22.0 Å². The van der Waals surface area contributed by atoms with Crippen LogP contribution in [0.3, 0.4) is 0 Å². The minimum atomic E-state index is -1.03. The molecule has 9 nitrogen and oxygen atoms in total. The third-order valence-corrected chi connectivity index (χ3v) is 13.3. The van der Waals surface area contributed by atoms with Gasteiger partial charge in [0.25, 0.3) is 0 Å². The van der Waals surface area contributed by atoms with Crippen LogP contribution >= 0.6 is 0 Å². The van der Waals surface area contributed by atoms with Crippen molar-refractivity contribution < 1.29 is 19.1 Å². The first-order chi connectivity index (χ1) is 29.2. The van der Waals surface area contributed by atoms with Crippen molar-refractivity contribution in [1.29, 1.82) is 0 Å². The maximum absolute atomic E-state index is 15.4. The molecule has 1 aromatic heterocycles. The summed E-state index contributed by atoms with van der Waals surface area (Å²) in [5.41, 5.74) is 21.9. The van der Waals surface area contributed by atoms with E-state index in [9.17, 15) is 4.79 Å². The van der Waals surface area contributed by atoms with Crippen LogP contribution < -0.4 is 22.1 Å². The summed E-state index contributed by atoms with van der Waals surface area (Å²) in [6, 6.07) is 16.6. The number of methoxy groups -OCH3 is 1. The van der Waals surface area contributed by atoms with Crippen molar-refractivity contribution in [3.63, 3.8) is 0 Å². The van der Waals surface area contributed by atoms with E-state index in [1.165, 1.54) is 18.2 Å². The Bertz CT molecular complexity index is 2240. The molecule has 0 radical (unpaired) electrons. The third-order valence-electron chi connectivity index (χ3n) is 13.3. The van der Waals surface area contributed by atoms with Crippen LogP contribution in [0.1, 0.15) is 179 Å². The quantitative estimate of drug-likeness (QED) is 0.0751. The van der Waals surface area contributed by atoms with Gasteiger partial charge in [-0.3, -0.25) is 14.4 Å². The SMILES string of the molecule is COC(=O)C(CCCN)(CCCN)CNC(=O)C(Cc1c(C(C)(C)C)[nH]c2cc(C(C)(C)C)cc(C(C)C)c12)NC(=O)C1c2cc(C(C)(C)C)ccc2-c2ccc(C(C)(C)C)cc21. The maximum atomic E-state index is 15.4. The highest BCUT2D eigenvalue weighted by atomic mass is 16.5. The van der Waals surface area contributed by atoms with Crippen LogP contribution in [0.2, 0.25) is 0 Å². The minimum absolute atomic E-state index is 0.0239. The second-order valence-corrected chi connectivity index (χ2v) is 22.7. The molecule has 1 aliphatic rings. The first-order valence-electron chi connectivity index (χ1n) is 23.2. The van der Waals surface area contributed by atoms with Crippen molar-refractivity contribution in [2.24, 2.45) is 16.9 Å². The van der Waals surface area contributed by atoms with E-state index in [1.807, 2.05) is 0 Å². The Hall–Kier alpha value is -4.47. The second kappa shape index (κ2) is 18.6. The van der Waals surface area contributed by atoms with Crippen molar-refractivity contribution >= 4 is 28.7 Å². The van der Waals surface area contributed by atoms with Gasteiger partial charge in [-0.05, 0) is 117 Å². The van der Waals surface area contributed by atoms with Gasteiger partial charge in [0.15, 0.2) is 0 Å². The highest BCUT2D eigenvalue weighted by Crippen LogP contribution is 2.48. The summed E-state index contributed by atoms with van der Waals surface area (Å²) < 4.78 is 5.38. The molecule has 4 aromatic rings. The standard InChI is InChI=1S/C54H79N5O4/c1-32(2)38-28-35(52(9,10)11)29-42-44(38)41(46(58-42)53(12,13)14)30-43(47(60)57-31-54(22-16-24-55,23-17-25-56)49(62)63-15)59-48(61)45-39-26-33(50(3,4)5)18-20-36(39)37-21-19-34(27-40(37)45)51(6,7)8/h18-21,26-29,32,43,45,58H,16-17,22-25,30-31,55-56H2,1-15H3,(H,57,60)(H,59,61). The fraction of sp³-hybridized carbons (Fsp3) is 0.574. The first-order valence-corrected chi connectivity index (χ1v) is 23.2. The van der Waals surface area contributed by atoms with E-state index < -0.39 is 23.3 Å². The lowest BCUT2D eigenvalue weighted by molar-refractivity contribution is -0.154. The maximum Gasteiger partial charge on any atom is 0.313 e. The molecule has 63 heavy (non-hydrogen) atoms. The summed E-state index contributed by atoms with van der Waals surface area (Å²) in [5.74, 6) is -1.48. The Morgan fingerprint density at radius 2 is 1.22 bits per heavy atom. The average molecular weight is 862 g/mol. The number of ether oxygens (including phenoxy) is 1. The van der Waals surface area contributed by atoms with Gasteiger partial charge < -0.3 is 31.8 Å². The molecule has 0 saturated carbocycles. The van der Waals surface area contributed by atoms with Gasteiger partial charge in [-0.25, -0.2) is 0 Å². The molecule has 0 aliphatic heterocycles. The number of nitrogens with two attached hydrogens (primary N) is 2. The number of hydrogen-bond donors (Lipinski definition) is 5. The number of rotatable bonds is 15. The zero-order chi connectivity index (χ0) is 47.0. The van der Waals surface area contributed by atoms with Crippen LogP contribution in [0.5, 0.6) is 0 Å². The molecule has 1 atom stereocenters. The van der Waals surface area contributed by atoms with Gasteiger partial charge in [0.1, 0.15) is 6.04 Å². The predicted molar refractivity (Wildman–Crippen MR) is 261 cm³/mol. The van der Waals surface area contributed by atoms with E-state index in [0.29, 0.717) is 38.8 Å².